The van der Waals surface area contributed by atoms with E-state index in [1.165, 1.54) is 18.2 Å². The Morgan fingerprint density at radius 3 is 2.04 bits per heavy atom. The summed E-state index contributed by atoms with van der Waals surface area (Å²) in [5.41, 5.74) is -1.02. The van der Waals surface area contributed by atoms with Gasteiger partial charge in [0.15, 0.2) is 0 Å². The van der Waals surface area contributed by atoms with Crippen LogP contribution in [-0.2, 0) is 19.1 Å². The topological polar surface area (TPSA) is 81.7 Å². The van der Waals surface area contributed by atoms with E-state index in [0.717, 1.165) is 37.8 Å². The molecule has 6 nitrogen and oxygen atoms in total. The molecule has 0 aromatic heterocycles. The van der Waals surface area contributed by atoms with Gasteiger partial charge in [-0.3, -0.25) is 4.79 Å². The molecular formula is C17H25NO5S. The van der Waals surface area contributed by atoms with E-state index < -0.39 is 17.5 Å². The predicted octanol–water partition coefficient (Wildman–Crippen LogP) is 2.98. The molecule has 0 spiro atoms. The fraction of sp³-hybridized carbons (Fsp3) is 0.588. The predicted molar refractivity (Wildman–Crippen MR) is 93.7 cm³/mol. The van der Waals surface area contributed by atoms with Gasteiger partial charge in [0.05, 0.1) is 0 Å². The van der Waals surface area contributed by atoms with Gasteiger partial charge in [0.2, 0.25) is 0 Å². The molecule has 0 aromatic carbocycles. The van der Waals surface area contributed by atoms with Gasteiger partial charge in [0, 0.05) is 17.4 Å². The molecule has 1 rings (SSSR count). The third-order valence-corrected chi connectivity index (χ3v) is 4.75. The number of carbonyl (C=O) groups is 3. The molecule has 0 unspecified atom stereocenters. The Bertz CT molecular complexity index is 461. The molecule has 0 aliphatic heterocycles. The second-order valence-electron chi connectivity index (χ2n) is 5.97. The lowest BCUT2D eigenvalue weighted by atomic mass is 10.0. The molecule has 0 atom stereocenters. The summed E-state index contributed by atoms with van der Waals surface area (Å²) in [5.74, 6) is -1.21. The van der Waals surface area contributed by atoms with Gasteiger partial charge in [-0.1, -0.05) is 44.2 Å². The summed E-state index contributed by atoms with van der Waals surface area (Å²) in [6.45, 7) is 8.05. The highest BCUT2D eigenvalue weighted by atomic mass is 32.2. The summed E-state index contributed by atoms with van der Waals surface area (Å²) in [6.07, 6.45) is 7.60. The smallest absolute Gasteiger partial charge is 0.330 e. The van der Waals surface area contributed by atoms with Crippen molar-refractivity contribution in [3.63, 3.8) is 0 Å². The van der Waals surface area contributed by atoms with Crippen LogP contribution in [0.4, 0.5) is 4.79 Å². The molecule has 1 aliphatic rings. The van der Waals surface area contributed by atoms with E-state index in [2.05, 4.69) is 18.5 Å². The lowest BCUT2D eigenvalue weighted by molar-refractivity contribution is -0.144. The van der Waals surface area contributed by atoms with Crippen molar-refractivity contribution in [1.82, 2.24) is 5.32 Å². The maximum absolute atomic E-state index is 12.3. The van der Waals surface area contributed by atoms with Gasteiger partial charge in [0.25, 0.3) is 5.24 Å². The molecule has 0 bridgehead atoms. The first-order chi connectivity index (χ1) is 11.4. The Morgan fingerprint density at radius 1 is 1.08 bits per heavy atom. The highest BCUT2D eigenvalue weighted by Gasteiger charge is 2.31. The summed E-state index contributed by atoms with van der Waals surface area (Å²) in [4.78, 5) is 34.8. The van der Waals surface area contributed by atoms with Crippen LogP contribution in [0.2, 0.25) is 0 Å². The van der Waals surface area contributed by atoms with E-state index in [-0.39, 0.29) is 18.5 Å². The van der Waals surface area contributed by atoms with Gasteiger partial charge in [-0.15, -0.1) is 0 Å². The van der Waals surface area contributed by atoms with Crippen LogP contribution in [0.5, 0.6) is 0 Å². The molecule has 1 N–H and O–H groups in total. The normalized spacial score (nSPS) is 15.2. The fourth-order valence-electron chi connectivity index (χ4n) is 2.30. The van der Waals surface area contributed by atoms with E-state index in [0.29, 0.717) is 5.25 Å². The number of amides is 1. The van der Waals surface area contributed by atoms with Crippen LogP contribution < -0.4 is 5.32 Å². The van der Waals surface area contributed by atoms with Crippen LogP contribution in [0.15, 0.2) is 25.3 Å². The van der Waals surface area contributed by atoms with E-state index in [4.69, 9.17) is 9.47 Å². The summed E-state index contributed by atoms with van der Waals surface area (Å²) in [5, 5.41) is 2.89. The summed E-state index contributed by atoms with van der Waals surface area (Å²) >= 11 is 1.26. The molecule has 1 saturated carbocycles. The van der Waals surface area contributed by atoms with Crippen molar-refractivity contribution in [3.8, 4) is 0 Å². The number of hydrogen-bond donors (Lipinski definition) is 1. The largest absolute Gasteiger partial charge is 0.460 e. The number of thioether (sulfide) groups is 1. The molecule has 0 aromatic rings. The van der Waals surface area contributed by atoms with Gasteiger partial charge in [-0.25, -0.2) is 9.59 Å². The van der Waals surface area contributed by atoms with Crippen LogP contribution in [0, 0.1) is 0 Å². The molecule has 0 saturated heterocycles. The van der Waals surface area contributed by atoms with Crippen LogP contribution >= 0.6 is 11.8 Å². The molecular weight excluding hydrogens is 330 g/mol. The first-order valence-electron chi connectivity index (χ1n) is 7.96. The van der Waals surface area contributed by atoms with Crippen LogP contribution in [-0.4, -0.2) is 41.2 Å². The number of ether oxygens (including phenoxy) is 2. The average molecular weight is 355 g/mol. The maximum Gasteiger partial charge on any atom is 0.330 e. The molecule has 1 aliphatic carbocycles. The number of carbonyl (C=O) groups excluding carboxylic acids is 3. The van der Waals surface area contributed by atoms with E-state index in [1.807, 2.05) is 0 Å². The first-order valence-corrected chi connectivity index (χ1v) is 8.83. The van der Waals surface area contributed by atoms with E-state index in [9.17, 15) is 14.4 Å². The van der Waals surface area contributed by atoms with Crippen LogP contribution in [0.25, 0.3) is 0 Å². The van der Waals surface area contributed by atoms with Crippen LogP contribution in [0.3, 0.4) is 0 Å². The van der Waals surface area contributed by atoms with Gasteiger partial charge >= 0.3 is 11.9 Å². The monoisotopic (exact) mass is 355 g/mol. The minimum atomic E-state index is -1.02. The zero-order valence-electron chi connectivity index (χ0n) is 14.0. The quantitative estimate of drug-likeness (QED) is 0.532. The van der Waals surface area contributed by atoms with Crippen molar-refractivity contribution >= 4 is 28.9 Å². The van der Waals surface area contributed by atoms with E-state index >= 15 is 0 Å². The maximum atomic E-state index is 12.3. The molecule has 134 valence electrons. The van der Waals surface area contributed by atoms with Gasteiger partial charge in [0.1, 0.15) is 18.8 Å². The Balaban J connectivity index is 2.61. The third kappa shape index (κ3) is 7.68. The van der Waals surface area contributed by atoms with Gasteiger partial charge in [-0.05, 0) is 19.8 Å². The standard InChI is InChI=1S/C17H25NO5S/c1-4-14(19)22-11-17(3,12-23-15(20)5-2)18-16(21)24-13-9-7-6-8-10-13/h4-5,13H,1-2,6-12H2,3H3,(H,18,21). The molecule has 0 heterocycles. The second-order valence-corrected chi connectivity index (χ2v) is 7.25. The molecule has 1 amide bonds. The summed E-state index contributed by atoms with van der Waals surface area (Å²) in [6, 6.07) is 0. The highest BCUT2D eigenvalue weighted by Crippen LogP contribution is 2.29. The fourth-order valence-corrected chi connectivity index (χ4v) is 3.48. The lowest BCUT2D eigenvalue weighted by Crippen LogP contribution is -2.52. The second kappa shape index (κ2) is 10.2. The zero-order chi connectivity index (χ0) is 18.0. The number of esters is 2. The lowest BCUT2D eigenvalue weighted by Gasteiger charge is -2.30. The molecule has 7 heteroatoms. The summed E-state index contributed by atoms with van der Waals surface area (Å²) in [7, 11) is 0. The average Bonchev–Trinajstić information content (AvgIpc) is 2.58. The Labute approximate surface area is 147 Å². The first kappa shape index (κ1) is 20.3. The highest BCUT2D eigenvalue weighted by molar-refractivity contribution is 8.14. The Hall–Kier alpha value is -1.76. The summed E-state index contributed by atoms with van der Waals surface area (Å²) < 4.78 is 10.0. The Kier molecular flexibility index (Phi) is 8.60. The minimum Gasteiger partial charge on any atom is -0.460 e. The molecule has 24 heavy (non-hydrogen) atoms. The van der Waals surface area contributed by atoms with Crippen molar-refractivity contribution in [3.05, 3.63) is 25.3 Å². The van der Waals surface area contributed by atoms with Crippen molar-refractivity contribution in [2.75, 3.05) is 13.2 Å². The number of hydrogen-bond acceptors (Lipinski definition) is 6. The van der Waals surface area contributed by atoms with Crippen molar-refractivity contribution in [2.24, 2.45) is 0 Å². The van der Waals surface area contributed by atoms with Gasteiger partial charge < -0.3 is 14.8 Å². The zero-order valence-corrected chi connectivity index (χ0v) is 14.9. The molecule has 0 radical (unpaired) electrons. The number of rotatable bonds is 8. The number of nitrogens with one attached hydrogen (secondary N) is 1. The Morgan fingerprint density at radius 2 is 1.58 bits per heavy atom. The molecule has 1 fully saturated rings. The van der Waals surface area contributed by atoms with Crippen LogP contribution in [0.1, 0.15) is 39.0 Å². The third-order valence-electron chi connectivity index (χ3n) is 3.63. The van der Waals surface area contributed by atoms with Crippen molar-refractivity contribution in [1.29, 1.82) is 0 Å². The van der Waals surface area contributed by atoms with Crippen molar-refractivity contribution in [2.45, 2.75) is 49.8 Å². The minimum absolute atomic E-state index is 0.126. The van der Waals surface area contributed by atoms with Gasteiger partial charge in [-0.2, -0.15) is 0 Å². The van der Waals surface area contributed by atoms with E-state index in [1.54, 1.807) is 6.92 Å². The SMILES string of the molecule is C=CC(=O)OCC(C)(COC(=O)C=C)NC(=O)SC1CCCCC1. The van der Waals surface area contributed by atoms with Crippen molar-refractivity contribution < 1.29 is 23.9 Å².